The molecular formula is C13H12BrFN2. The molecule has 0 bridgehead atoms. The summed E-state index contributed by atoms with van der Waals surface area (Å²) in [6, 6.07) is 12.5. The topological polar surface area (TPSA) is 38.0 Å². The Morgan fingerprint density at radius 2 is 1.88 bits per heavy atom. The second-order valence-corrected chi connectivity index (χ2v) is 4.48. The Balaban J connectivity index is 2.28. The number of halogens is 2. The van der Waals surface area contributed by atoms with E-state index in [1.807, 2.05) is 30.3 Å². The lowest BCUT2D eigenvalue weighted by molar-refractivity contribution is 0.629. The van der Waals surface area contributed by atoms with Gasteiger partial charge in [-0.05, 0) is 45.8 Å². The van der Waals surface area contributed by atoms with Gasteiger partial charge in [0.25, 0.3) is 0 Å². The van der Waals surface area contributed by atoms with Crippen LogP contribution in [-0.2, 0) is 6.54 Å². The molecule has 3 N–H and O–H groups in total. The van der Waals surface area contributed by atoms with Crippen LogP contribution in [0.2, 0.25) is 0 Å². The van der Waals surface area contributed by atoms with Gasteiger partial charge < -0.3 is 11.1 Å². The number of benzene rings is 2. The zero-order valence-corrected chi connectivity index (χ0v) is 10.7. The third-order valence-electron chi connectivity index (χ3n) is 2.41. The lowest BCUT2D eigenvalue weighted by atomic mass is 10.2. The average Bonchev–Trinajstić information content (AvgIpc) is 2.34. The van der Waals surface area contributed by atoms with Gasteiger partial charge in [-0.25, -0.2) is 4.39 Å². The molecular weight excluding hydrogens is 283 g/mol. The van der Waals surface area contributed by atoms with Crippen LogP contribution in [0.4, 0.5) is 15.8 Å². The quantitative estimate of drug-likeness (QED) is 0.904. The molecule has 0 aliphatic rings. The maximum absolute atomic E-state index is 13.7. The van der Waals surface area contributed by atoms with E-state index in [4.69, 9.17) is 5.73 Å². The molecule has 0 spiro atoms. The molecule has 0 aliphatic heterocycles. The summed E-state index contributed by atoms with van der Waals surface area (Å²) < 4.78 is 14.6. The van der Waals surface area contributed by atoms with Gasteiger partial charge in [0.2, 0.25) is 0 Å². The van der Waals surface area contributed by atoms with Crippen LogP contribution in [0.5, 0.6) is 0 Å². The summed E-state index contributed by atoms with van der Waals surface area (Å²) in [6.07, 6.45) is 0. The normalized spacial score (nSPS) is 10.3. The number of para-hydroxylation sites is 1. The predicted octanol–water partition coefficient (Wildman–Crippen LogP) is 3.79. The molecule has 2 rings (SSSR count). The van der Waals surface area contributed by atoms with Gasteiger partial charge in [-0.2, -0.15) is 0 Å². The SMILES string of the molecule is NCc1ccc(Nc2ccccc2Br)c(F)c1. The van der Waals surface area contributed by atoms with E-state index in [1.165, 1.54) is 6.07 Å². The summed E-state index contributed by atoms with van der Waals surface area (Å²) in [5.41, 5.74) is 7.49. The van der Waals surface area contributed by atoms with Gasteiger partial charge >= 0.3 is 0 Å². The second kappa shape index (κ2) is 5.29. The fraction of sp³-hybridized carbons (Fsp3) is 0.0769. The van der Waals surface area contributed by atoms with Crippen LogP contribution < -0.4 is 11.1 Å². The molecule has 2 aromatic rings. The first-order valence-corrected chi connectivity index (χ1v) is 6.00. The lowest BCUT2D eigenvalue weighted by Gasteiger charge is -2.10. The Kier molecular flexibility index (Phi) is 3.76. The van der Waals surface area contributed by atoms with Crippen LogP contribution in [0.25, 0.3) is 0 Å². The molecule has 0 fully saturated rings. The highest BCUT2D eigenvalue weighted by Crippen LogP contribution is 2.27. The van der Waals surface area contributed by atoms with Gasteiger partial charge in [-0.3, -0.25) is 0 Å². The molecule has 4 heteroatoms. The third-order valence-corrected chi connectivity index (χ3v) is 3.10. The summed E-state index contributed by atoms with van der Waals surface area (Å²) >= 11 is 3.40. The van der Waals surface area contributed by atoms with E-state index in [0.29, 0.717) is 12.2 Å². The Bertz CT molecular complexity index is 529. The van der Waals surface area contributed by atoms with Gasteiger partial charge in [0.15, 0.2) is 0 Å². The summed E-state index contributed by atoms with van der Waals surface area (Å²) in [5.74, 6) is -0.302. The van der Waals surface area contributed by atoms with Gasteiger partial charge in [0, 0.05) is 11.0 Å². The van der Waals surface area contributed by atoms with E-state index in [2.05, 4.69) is 21.2 Å². The highest BCUT2D eigenvalue weighted by Gasteiger charge is 2.05. The molecule has 0 aromatic heterocycles. The molecule has 88 valence electrons. The minimum absolute atomic E-state index is 0.302. The molecule has 0 aliphatic carbocycles. The van der Waals surface area contributed by atoms with Crippen LogP contribution in [0, 0.1) is 5.82 Å². The van der Waals surface area contributed by atoms with Gasteiger partial charge in [-0.15, -0.1) is 0 Å². The van der Waals surface area contributed by atoms with E-state index in [1.54, 1.807) is 6.07 Å². The van der Waals surface area contributed by atoms with E-state index < -0.39 is 0 Å². The maximum atomic E-state index is 13.7. The van der Waals surface area contributed by atoms with Crippen molar-refractivity contribution in [3.05, 3.63) is 58.3 Å². The van der Waals surface area contributed by atoms with Crippen molar-refractivity contribution in [2.45, 2.75) is 6.54 Å². The van der Waals surface area contributed by atoms with Crippen molar-refractivity contribution < 1.29 is 4.39 Å². The van der Waals surface area contributed by atoms with Crippen molar-refractivity contribution in [1.29, 1.82) is 0 Å². The Labute approximate surface area is 108 Å². The van der Waals surface area contributed by atoms with Crippen molar-refractivity contribution in [2.24, 2.45) is 5.73 Å². The first kappa shape index (κ1) is 12.1. The second-order valence-electron chi connectivity index (χ2n) is 3.62. The molecule has 0 saturated heterocycles. The monoisotopic (exact) mass is 294 g/mol. The van der Waals surface area contributed by atoms with Crippen molar-refractivity contribution in [3.8, 4) is 0 Å². The lowest BCUT2D eigenvalue weighted by Crippen LogP contribution is -1.99. The predicted molar refractivity (Wildman–Crippen MR) is 71.7 cm³/mol. The number of hydrogen-bond acceptors (Lipinski definition) is 2. The maximum Gasteiger partial charge on any atom is 0.146 e. The zero-order chi connectivity index (χ0) is 12.3. The number of nitrogens with one attached hydrogen (secondary N) is 1. The van der Waals surface area contributed by atoms with Crippen molar-refractivity contribution in [2.75, 3.05) is 5.32 Å². The highest BCUT2D eigenvalue weighted by molar-refractivity contribution is 9.10. The minimum Gasteiger partial charge on any atom is -0.352 e. The minimum atomic E-state index is -0.302. The number of rotatable bonds is 3. The van der Waals surface area contributed by atoms with E-state index >= 15 is 0 Å². The summed E-state index contributed by atoms with van der Waals surface area (Å²) in [7, 11) is 0. The molecule has 0 unspecified atom stereocenters. The van der Waals surface area contributed by atoms with Crippen molar-refractivity contribution in [1.82, 2.24) is 0 Å². The zero-order valence-electron chi connectivity index (χ0n) is 9.08. The summed E-state index contributed by atoms with van der Waals surface area (Å²) in [5, 5.41) is 3.03. The van der Waals surface area contributed by atoms with Crippen molar-refractivity contribution in [3.63, 3.8) is 0 Å². The average molecular weight is 295 g/mol. The van der Waals surface area contributed by atoms with Gasteiger partial charge in [0.1, 0.15) is 5.82 Å². The van der Waals surface area contributed by atoms with Gasteiger partial charge in [0.05, 0.1) is 11.4 Å². The Hall–Kier alpha value is -1.39. The number of hydrogen-bond donors (Lipinski definition) is 2. The molecule has 0 saturated carbocycles. The number of anilines is 2. The molecule has 17 heavy (non-hydrogen) atoms. The molecule has 0 amide bonds. The van der Waals surface area contributed by atoms with Gasteiger partial charge in [-0.1, -0.05) is 18.2 Å². The molecule has 0 atom stereocenters. The smallest absolute Gasteiger partial charge is 0.146 e. The first-order valence-electron chi connectivity index (χ1n) is 5.21. The largest absolute Gasteiger partial charge is 0.352 e. The summed E-state index contributed by atoms with van der Waals surface area (Å²) in [4.78, 5) is 0. The van der Waals surface area contributed by atoms with E-state index in [-0.39, 0.29) is 5.82 Å². The first-order chi connectivity index (χ1) is 8.20. The van der Waals surface area contributed by atoms with E-state index in [0.717, 1.165) is 15.7 Å². The van der Waals surface area contributed by atoms with Crippen LogP contribution in [0.3, 0.4) is 0 Å². The molecule has 0 heterocycles. The Morgan fingerprint density at radius 1 is 1.12 bits per heavy atom. The van der Waals surface area contributed by atoms with Crippen LogP contribution in [-0.4, -0.2) is 0 Å². The molecule has 2 nitrogen and oxygen atoms in total. The number of nitrogens with two attached hydrogens (primary N) is 1. The Morgan fingerprint density at radius 3 is 2.53 bits per heavy atom. The fourth-order valence-corrected chi connectivity index (χ4v) is 1.88. The molecule has 0 radical (unpaired) electrons. The van der Waals surface area contributed by atoms with Crippen molar-refractivity contribution >= 4 is 27.3 Å². The standard InChI is InChI=1S/C13H12BrFN2/c14-10-3-1-2-4-12(10)17-13-6-5-9(8-16)7-11(13)15/h1-7,17H,8,16H2. The van der Waals surface area contributed by atoms with Crippen LogP contribution >= 0.6 is 15.9 Å². The van der Waals surface area contributed by atoms with Crippen LogP contribution in [0.15, 0.2) is 46.9 Å². The van der Waals surface area contributed by atoms with Crippen LogP contribution in [0.1, 0.15) is 5.56 Å². The fourth-order valence-electron chi connectivity index (χ4n) is 1.49. The third kappa shape index (κ3) is 2.84. The molecule has 2 aromatic carbocycles. The van der Waals surface area contributed by atoms with E-state index in [9.17, 15) is 4.39 Å². The summed E-state index contributed by atoms with van der Waals surface area (Å²) in [6.45, 7) is 0.340. The highest BCUT2D eigenvalue weighted by atomic mass is 79.9.